The highest BCUT2D eigenvalue weighted by Gasteiger charge is 2.06. The Hall–Kier alpha value is -1.31. The topological polar surface area (TPSA) is 43.1 Å². The lowest BCUT2D eigenvalue weighted by Crippen LogP contribution is -2.00. The highest BCUT2D eigenvalue weighted by molar-refractivity contribution is 5.96. The second-order valence-electron chi connectivity index (χ2n) is 3.01. The number of ketones is 1. The first kappa shape index (κ1) is 8.78. The molecule has 0 aliphatic rings. The summed E-state index contributed by atoms with van der Waals surface area (Å²) in [5.41, 5.74) is 9.18. The molecule has 0 unspecified atom stereocenters. The van der Waals surface area contributed by atoms with E-state index in [1.54, 1.807) is 19.1 Å². The van der Waals surface area contributed by atoms with E-state index in [0.717, 1.165) is 22.4 Å². The Morgan fingerprint density at radius 3 is 2.33 bits per heavy atom. The highest BCUT2D eigenvalue weighted by atomic mass is 16.1. The Morgan fingerprint density at radius 1 is 1.25 bits per heavy atom. The van der Waals surface area contributed by atoms with Gasteiger partial charge < -0.3 is 5.73 Å². The third-order valence-corrected chi connectivity index (χ3v) is 2.21. The van der Waals surface area contributed by atoms with Gasteiger partial charge in [0.1, 0.15) is 0 Å². The molecule has 2 heteroatoms. The van der Waals surface area contributed by atoms with Crippen molar-refractivity contribution < 1.29 is 4.79 Å². The third kappa shape index (κ3) is 1.33. The minimum absolute atomic E-state index is 0.0931. The summed E-state index contributed by atoms with van der Waals surface area (Å²) in [6.07, 6.45) is 0. The monoisotopic (exact) mass is 163 g/mol. The largest absolute Gasteiger partial charge is 0.399 e. The molecule has 0 amide bonds. The summed E-state index contributed by atoms with van der Waals surface area (Å²) in [4.78, 5) is 11.1. The van der Waals surface area contributed by atoms with Crippen LogP contribution in [0.15, 0.2) is 12.1 Å². The number of anilines is 1. The van der Waals surface area contributed by atoms with Crippen molar-refractivity contribution in [2.75, 3.05) is 5.73 Å². The number of benzene rings is 1. The Kier molecular flexibility index (Phi) is 2.18. The van der Waals surface area contributed by atoms with Gasteiger partial charge in [0.2, 0.25) is 0 Å². The van der Waals surface area contributed by atoms with Gasteiger partial charge in [-0.15, -0.1) is 0 Å². The number of hydrogen-bond donors (Lipinski definition) is 1. The fraction of sp³-hybridized carbons (Fsp3) is 0.300. The predicted octanol–water partition coefficient (Wildman–Crippen LogP) is 2.09. The first-order valence-corrected chi connectivity index (χ1v) is 3.90. The van der Waals surface area contributed by atoms with Crippen LogP contribution in [0.25, 0.3) is 0 Å². The lowest BCUT2D eigenvalue weighted by atomic mass is 9.99. The lowest BCUT2D eigenvalue weighted by Gasteiger charge is -2.07. The zero-order valence-electron chi connectivity index (χ0n) is 7.64. The Balaban J connectivity index is 3.36. The van der Waals surface area contributed by atoms with Gasteiger partial charge in [0, 0.05) is 11.3 Å². The summed E-state index contributed by atoms with van der Waals surface area (Å²) in [6, 6.07) is 3.55. The average molecular weight is 163 g/mol. The van der Waals surface area contributed by atoms with Gasteiger partial charge in [-0.25, -0.2) is 0 Å². The SMILES string of the molecule is CC(=O)c1ccc(N)c(C)c1C. The van der Waals surface area contributed by atoms with Crippen LogP contribution in [0.4, 0.5) is 5.69 Å². The van der Waals surface area contributed by atoms with Crippen LogP contribution in [0.1, 0.15) is 28.4 Å². The van der Waals surface area contributed by atoms with Crippen molar-refractivity contribution in [1.29, 1.82) is 0 Å². The Bertz CT molecular complexity index is 329. The van der Waals surface area contributed by atoms with Gasteiger partial charge in [-0.05, 0) is 44.0 Å². The van der Waals surface area contributed by atoms with Gasteiger partial charge >= 0.3 is 0 Å². The van der Waals surface area contributed by atoms with E-state index in [4.69, 9.17) is 5.73 Å². The number of carbonyl (C=O) groups is 1. The fourth-order valence-corrected chi connectivity index (χ4v) is 1.22. The summed E-state index contributed by atoms with van der Waals surface area (Å²) in [7, 11) is 0. The molecule has 1 aromatic carbocycles. The maximum Gasteiger partial charge on any atom is 0.160 e. The number of Topliss-reactive ketones (excluding diaryl/α,β-unsaturated/α-hetero) is 1. The van der Waals surface area contributed by atoms with E-state index in [-0.39, 0.29) is 5.78 Å². The average Bonchev–Trinajstić information content (AvgIpc) is 2.00. The molecular formula is C10H13NO. The van der Waals surface area contributed by atoms with Gasteiger partial charge in [0.15, 0.2) is 5.78 Å². The van der Waals surface area contributed by atoms with Gasteiger partial charge in [-0.1, -0.05) is 0 Å². The van der Waals surface area contributed by atoms with E-state index in [9.17, 15) is 4.79 Å². The predicted molar refractivity (Wildman–Crippen MR) is 50.3 cm³/mol. The molecule has 0 radical (unpaired) electrons. The summed E-state index contributed by atoms with van der Waals surface area (Å²) < 4.78 is 0. The summed E-state index contributed by atoms with van der Waals surface area (Å²) >= 11 is 0. The molecule has 0 heterocycles. The molecule has 2 N–H and O–H groups in total. The number of rotatable bonds is 1. The molecule has 0 saturated carbocycles. The molecule has 0 aliphatic heterocycles. The van der Waals surface area contributed by atoms with Gasteiger partial charge in [0.25, 0.3) is 0 Å². The van der Waals surface area contributed by atoms with Crippen LogP contribution in [0.2, 0.25) is 0 Å². The fourth-order valence-electron chi connectivity index (χ4n) is 1.22. The number of nitrogens with two attached hydrogens (primary N) is 1. The molecule has 0 saturated heterocycles. The molecule has 1 rings (SSSR count). The van der Waals surface area contributed by atoms with Crippen LogP contribution in [-0.4, -0.2) is 5.78 Å². The van der Waals surface area contributed by atoms with E-state index in [1.807, 2.05) is 13.8 Å². The van der Waals surface area contributed by atoms with Crippen molar-refractivity contribution in [1.82, 2.24) is 0 Å². The third-order valence-electron chi connectivity index (χ3n) is 2.21. The molecule has 0 spiro atoms. The maximum absolute atomic E-state index is 11.1. The minimum Gasteiger partial charge on any atom is -0.399 e. The van der Waals surface area contributed by atoms with Gasteiger partial charge in [0.05, 0.1) is 0 Å². The summed E-state index contributed by atoms with van der Waals surface area (Å²) in [5.74, 6) is 0.0931. The minimum atomic E-state index is 0.0931. The molecule has 0 bridgehead atoms. The summed E-state index contributed by atoms with van der Waals surface area (Å²) in [6.45, 7) is 5.41. The van der Waals surface area contributed by atoms with Crippen LogP contribution in [0.3, 0.4) is 0 Å². The molecule has 0 aromatic heterocycles. The Morgan fingerprint density at radius 2 is 1.83 bits per heavy atom. The molecule has 0 atom stereocenters. The second kappa shape index (κ2) is 2.97. The van der Waals surface area contributed by atoms with Crippen molar-refractivity contribution >= 4 is 11.5 Å². The quantitative estimate of drug-likeness (QED) is 0.509. The van der Waals surface area contributed by atoms with Crippen LogP contribution in [-0.2, 0) is 0 Å². The van der Waals surface area contributed by atoms with E-state index in [1.165, 1.54) is 0 Å². The van der Waals surface area contributed by atoms with Crippen molar-refractivity contribution in [2.24, 2.45) is 0 Å². The molecule has 2 nitrogen and oxygen atoms in total. The van der Waals surface area contributed by atoms with Crippen molar-refractivity contribution in [3.63, 3.8) is 0 Å². The van der Waals surface area contributed by atoms with Crippen LogP contribution in [0, 0.1) is 13.8 Å². The lowest BCUT2D eigenvalue weighted by molar-refractivity contribution is 0.101. The van der Waals surface area contributed by atoms with Gasteiger partial charge in [-0.2, -0.15) is 0 Å². The van der Waals surface area contributed by atoms with Crippen LogP contribution < -0.4 is 5.73 Å². The second-order valence-corrected chi connectivity index (χ2v) is 3.01. The van der Waals surface area contributed by atoms with E-state index in [2.05, 4.69) is 0 Å². The normalized spacial score (nSPS) is 9.92. The smallest absolute Gasteiger partial charge is 0.160 e. The van der Waals surface area contributed by atoms with E-state index >= 15 is 0 Å². The molecular weight excluding hydrogens is 150 g/mol. The van der Waals surface area contributed by atoms with Crippen molar-refractivity contribution in [3.05, 3.63) is 28.8 Å². The molecule has 1 aromatic rings. The molecule has 0 fully saturated rings. The molecule has 64 valence electrons. The number of hydrogen-bond acceptors (Lipinski definition) is 2. The van der Waals surface area contributed by atoms with Crippen LogP contribution >= 0.6 is 0 Å². The zero-order chi connectivity index (χ0) is 9.30. The van der Waals surface area contributed by atoms with Gasteiger partial charge in [-0.3, -0.25) is 4.79 Å². The maximum atomic E-state index is 11.1. The first-order chi connectivity index (χ1) is 5.54. The number of carbonyl (C=O) groups excluding carboxylic acids is 1. The Labute approximate surface area is 72.4 Å². The molecule has 0 aliphatic carbocycles. The van der Waals surface area contributed by atoms with Crippen molar-refractivity contribution in [2.45, 2.75) is 20.8 Å². The van der Waals surface area contributed by atoms with Crippen LogP contribution in [0.5, 0.6) is 0 Å². The molecule has 12 heavy (non-hydrogen) atoms. The zero-order valence-corrected chi connectivity index (χ0v) is 7.64. The van der Waals surface area contributed by atoms with Crippen molar-refractivity contribution in [3.8, 4) is 0 Å². The van der Waals surface area contributed by atoms with E-state index < -0.39 is 0 Å². The standard InChI is InChI=1S/C10H13NO/c1-6-7(2)10(11)5-4-9(6)8(3)12/h4-5H,11H2,1-3H3. The number of nitrogen functional groups attached to an aromatic ring is 1. The first-order valence-electron chi connectivity index (χ1n) is 3.90. The highest BCUT2D eigenvalue weighted by Crippen LogP contribution is 2.19. The summed E-state index contributed by atoms with van der Waals surface area (Å²) in [5, 5.41) is 0. The van der Waals surface area contributed by atoms with E-state index in [0.29, 0.717) is 0 Å².